The summed E-state index contributed by atoms with van der Waals surface area (Å²) in [5, 5.41) is 3.44. The van der Waals surface area contributed by atoms with Crippen LogP contribution in [0.15, 0.2) is 0 Å². The molecule has 1 heterocycles. The van der Waals surface area contributed by atoms with Crippen molar-refractivity contribution < 1.29 is 4.74 Å². The molecule has 0 radical (unpaired) electrons. The standard InChI is InChI=1S/C11H21NO/c1-13-11(7-8-12-9-11)10-5-3-2-4-6-10/h10,12H,2-9H2,1H3. The van der Waals surface area contributed by atoms with E-state index in [4.69, 9.17) is 4.74 Å². The molecular formula is C11H21NO. The number of hydrogen-bond acceptors (Lipinski definition) is 2. The van der Waals surface area contributed by atoms with E-state index in [1.54, 1.807) is 0 Å². The summed E-state index contributed by atoms with van der Waals surface area (Å²) < 4.78 is 5.78. The predicted molar refractivity (Wildman–Crippen MR) is 53.8 cm³/mol. The van der Waals surface area contributed by atoms with Gasteiger partial charge in [-0.05, 0) is 31.7 Å². The van der Waals surface area contributed by atoms with Crippen LogP contribution in [0.5, 0.6) is 0 Å². The highest BCUT2D eigenvalue weighted by molar-refractivity contribution is 4.96. The van der Waals surface area contributed by atoms with Gasteiger partial charge in [0, 0.05) is 13.7 Å². The van der Waals surface area contributed by atoms with Crippen LogP contribution in [0.2, 0.25) is 0 Å². The summed E-state index contributed by atoms with van der Waals surface area (Å²) >= 11 is 0. The number of rotatable bonds is 2. The van der Waals surface area contributed by atoms with Gasteiger partial charge >= 0.3 is 0 Å². The molecule has 0 aromatic rings. The van der Waals surface area contributed by atoms with Gasteiger partial charge in [0.05, 0.1) is 5.60 Å². The van der Waals surface area contributed by atoms with Gasteiger partial charge in [-0.2, -0.15) is 0 Å². The van der Waals surface area contributed by atoms with Crippen molar-refractivity contribution in [1.82, 2.24) is 5.32 Å². The molecule has 0 aromatic heterocycles. The molecule has 0 amide bonds. The Morgan fingerprint density at radius 1 is 1.23 bits per heavy atom. The first-order valence-electron chi connectivity index (χ1n) is 5.63. The maximum absolute atomic E-state index is 5.78. The largest absolute Gasteiger partial charge is 0.377 e. The van der Waals surface area contributed by atoms with Crippen molar-refractivity contribution in [2.45, 2.75) is 44.1 Å². The van der Waals surface area contributed by atoms with Crippen LogP contribution in [-0.2, 0) is 4.74 Å². The Morgan fingerprint density at radius 2 is 2.00 bits per heavy atom. The number of hydrogen-bond donors (Lipinski definition) is 1. The first kappa shape index (κ1) is 9.47. The molecule has 1 unspecified atom stereocenters. The maximum Gasteiger partial charge on any atom is 0.0842 e. The summed E-state index contributed by atoms with van der Waals surface area (Å²) in [6, 6.07) is 0. The fraction of sp³-hybridized carbons (Fsp3) is 1.00. The van der Waals surface area contributed by atoms with E-state index in [0.29, 0.717) is 0 Å². The molecule has 1 N–H and O–H groups in total. The van der Waals surface area contributed by atoms with Gasteiger partial charge in [-0.3, -0.25) is 0 Å². The van der Waals surface area contributed by atoms with Crippen LogP contribution in [-0.4, -0.2) is 25.8 Å². The van der Waals surface area contributed by atoms with E-state index in [2.05, 4.69) is 5.32 Å². The van der Waals surface area contributed by atoms with Gasteiger partial charge in [0.2, 0.25) is 0 Å². The molecule has 2 nitrogen and oxygen atoms in total. The summed E-state index contributed by atoms with van der Waals surface area (Å²) in [5.74, 6) is 0.821. The van der Waals surface area contributed by atoms with E-state index in [1.807, 2.05) is 7.11 Å². The number of methoxy groups -OCH3 is 1. The topological polar surface area (TPSA) is 21.3 Å². The third kappa shape index (κ3) is 1.75. The van der Waals surface area contributed by atoms with E-state index in [-0.39, 0.29) is 5.60 Å². The molecule has 76 valence electrons. The lowest BCUT2D eigenvalue weighted by Crippen LogP contribution is -2.43. The fourth-order valence-corrected chi connectivity index (χ4v) is 3.01. The van der Waals surface area contributed by atoms with Crippen molar-refractivity contribution in [1.29, 1.82) is 0 Å². The van der Waals surface area contributed by atoms with Crippen molar-refractivity contribution in [3.63, 3.8) is 0 Å². The predicted octanol–water partition coefficient (Wildman–Crippen LogP) is 1.95. The van der Waals surface area contributed by atoms with Crippen molar-refractivity contribution in [3.05, 3.63) is 0 Å². The van der Waals surface area contributed by atoms with Crippen LogP contribution >= 0.6 is 0 Å². The first-order valence-corrected chi connectivity index (χ1v) is 5.63. The van der Waals surface area contributed by atoms with Gasteiger partial charge in [-0.25, -0.2) is 0 Å². The Bertz CT molecular complexity index is 157. The molecule has 1 saturated carbocycles. The first-order chi connectivity index (χ1) is 6.37. The second-order valence-corrected chi connectivity index (χ2v) is 4.53. The lowest BCUT2D eigenvalue weighted by molar-refractivity contribution is -0.0536. The van der Waals surface area contributed by atoms with Crippen molar-refractivity contribution in [3.8, 4) is 0 Å². The van der Waals surface area contributed by atoms with E-state index >= 15 is 0 Å². The molecule has 1 atom stereocenters. The van der Waals surface area contributed by atoms with E-state index < -0.39 is 0 Å². The highest BCUT2D eigenvalue weighted by atomic mass is 16.5. The molecule has 0 spiro atoms. The number of nitrogens with one attached hydrogen (secondary N) is 1. The van der Waals surface area contributed by atoms with Crippen LogP contribution in [0.25, 0.3) is 0 Å². The zero-order valence-electron chi connectivity index (χ0n) is 8.64. The van der Waals surface area contributed by atoms with Crippen molar-refractivity contribution in [2.75, 3.05) is 20.2 Å². The fourth-order valence-electron chi connectivity index (χ4n) is 3.01. The van der Waals surface area contributed by atoms with E-state index in [1.165, 1.54) is 38.5 Å². The minimum Gasteiger partial charge on any atom is -0.377 e. The van der Waals surface area contributed by atoms with E-state index in [9.17, 15) is 0 Å². The summed E-state index contributed by atoms with van der Waals surface area (Å²) in [5.41, 5.74) is 0.195. The molecule has 2 rings (SSSR count). The van der Waals surface area contributed by atoms with Crippen LogP contribution in [0.1, 0.15) is 38.5 Å². The molecule has 1 aliphatic carbocycles. The normalized spacial score (nSPS) is 36.7. The second kappa shape index (κ2) is 3.97. The van der Waals surface area contributed by atoms with Gasteiger partial charge in [0.1, 0.15) is 0 Å². The Hall–Kier alpha value is -0.0800. The molecular weight excluding hydrogens is 162 g/mol. The molecule has 0 bridgehead atoms. The molecule has 2 aliphatic rings. The van der Waals surface area contributed by atoms with E-state index in [0.717, 1.165) is 19.0 Å². The minimum absolute atomic E-state index is 0.195. The van der Waals surface area contributed by atoms with Gasteiger partial charge in [-0.1, -0.05) is 19.3 Å². The summed E-state index contributed by atoms with van der Waals surface area (Å²) in [4.78, 5) is 0. The zero-order chi connectivity index (χ0) is 9.15. The Balaban J connectivity index is 2.01. The molecule has 2 heteroatoms. The lowest BCUT2D eigenvalue weighted by atomic mass is 9.76. The molecule has 0 aromatic carbocycles. The molecule has 2 fully saturated rings. The molecule has 13 heavy (non-hydrogen) atoms. The Morgan fingerprint density at radius 3 is 2.54 bits per heavy atom. The van der Waals surface area contributed by atoms with Crippen LogP contribution in [0.4, 0.5) is 0 Å². The SMILES string of the molecule is COC1(C2CCCCC2)CCNC1. The van der Waals surface area contributed by atoms with Crippen molar-refractivity contribution in [2.24, 2.45) is 5.92 Å². The summed E-state index contributed by atoms with van der Waals surface area (Å²) in [7, 11) is 1.89. The monoisotopic (exact) mass is 183 g/mol. The van der Waals surface area contributed by atoms with Crippen LogP contribution in [0, 0.1) is 5.92 Å². The van der Waals surface area contributed by atoms with Gasteiger partial charge < -0.3 is 10.1 Å². The minimum atomic E-state index is 0.195. The average molecular weight is 183 g/mol. The number of ether oxygens (including phenoxy) is 1. The summed E-state index contributed by atoms with van der Waals surface area (Å²) in [6.07, 6.45) is 8.24. The average Bonchev–Trinajstić information content (AvgIpc) is 2.69. The second-order valence-electron chi connectivity index (χ2n) is 4.53. The van der Waals surface area contributed by atoms with Gasteiger partial charge in [-0.15, -0.1) is 0 Å². The highest BCUT2D eigenvalue weighted by Crippen LogP contribution is 2.38. The third-order valence-corrected chi connectivity index (χ3v) is 3.90. The Labute approximate surface area is 81.0 Å². The lowest BCUT2D eigenvalue weighted by Gasteiger charge is -2.38. The zero-order valence-corrected chi connectivity index (χ0v) is 8.64. The Kier molecular flexibility index (Phi) is 2.89. The van der Waals surface area contributed by atoms with Gasteiger partial charge in [0.15, 0.2) is 0 Å². The van der Waals surface area contributed by atoms with Crippen LogP contribution in [0.3, 0.4) is 0 Å². The highest BCUT2D eigenvalue weighted by Gasteiger charge is 2.41. The molecule has 1 aliphatic heterocycles. The van der Waals surface area contributed by atoms with Crippen molar-refractivity contribution >= 4 is 0 Å². The summed E-state index contributed by atoms with van der Waals surface area (Å²) in [6.45, 7) is 2.22. The maximum atomic E-state index is 5.78. The smallest absolute Gasteiger partial charge is 0.0842 e. The molecule has 1 saturated heterocycles. The van der Waals surface area contributed by atoms with Crippen LogP contribution < -0.4 is 5.32 Å². The quantitative estimate of drug-likeness (QED) is 0.706. The van der Waals surface area contributed by atoms with Gasteiger partial charge in [0.25, 0.3) is 0 Å². The third-order valence-electron chi connectivity index (χ3n) is 3.90.